The SMILES string of the molecule is CCc1ccc2oc3c(c(=O)c2c1)C(c1ccncc1)N(c1nnc(CC)s1)C3=O. The van der Waals surface area contributed by atoms with Gasteiger partial charge in [-0.2, -0.15) is 0 Å². The number of carbonyl (C=O) groups excluding carboxylic acids is 1. The number of carbonyl (C=O) groups is 1. The van der Waals surface area contributed by atoms with E-state index in [1.54, 1.807) is 30.6 Å². The van der Waals surface area contributed by atoms with Gasteiger partial charge in [0.1, 0.15) is 10.6 Å². The molecule has 0 N–H and O–H groups in total. The van der Waals surface area contributed by atoms with E-state index >= 15 is 0 Å². The average Bonchev–Trinajstić information content (AvgIpc) is 3.37. The van der Waals surface area contributed by atoms with Crippen LogP contribution in [0.1, 0.15) is 52.1 Å². The highest BCUT2D eigenvalue weighted by molar-refractivity contribution is 7.15. The number of hydrogen-bond acceptors (Lipinski definition) is 7. The maximum atomic E-state index is 13.6. The molecule has 1 aromatic carbocycles. The maximum Gasteiger partial charge on any atom is 0.297 e. The largest absolute Gasteiger partial charge is 0.450 e. The third kappa shape index (κ3) is 2.75. The van der Waals surface area contributed by atoms with Gasteiger partial charge >= 0.3 is 0 Å². The monoisotopic (exact) mass is 418 g/mol. The summed E-state index contributed by atoms with van der Waals surface area (Å²) in [5.41, 5.74) is 2.35. The molecule has 1 aliphatic heterocycles. The highest BCUT2D eigenvalue weighted by Gasteiger charge is 2.45. The van der Waals surface area contributed by atoms with Crippen LogP contribution < -0.4 is 10.3 Å². The first-order valence-corrected chi connectivity index (χ1v) is 10.6. The van der Waals surface area contributed by atoms with Crippen molar-refractivity contribution < 1.29 is 9.21 Å². The summed E-state index contributed by atoms with van der Waals surface area (Å²) >= 11 is 1.34. The second-order valence-electron chi connectivity index (χ2n) is 7.05. The van der Waals surface area contributed by atoms with Gasteiger partial charge in [-0.15, -0.1) is 10.2 Å². The quantitative estimate of drug-likeness (QED) is 0.499. The van der Waals surface area contributed by atoms with Gasteiger partial charge in [-0.05, 0) is 48.2 Å². The van der Waals surface area contributed by atoms with Crippen molar-refractivity contribution >= 4 is 33.3 Å². The average molecular weight is 418 g/mol. The van der Waals surface area contributed by atoms with E-state index < -0.39 is 6.04 Å². The number of hydrogen-bond donors (Lipinski definition) is 0. The Bertz CT molecular complexity index is 1330. The Kier molecular flexibility index (Phi) is 4.43. The Hall–Kier alpha value is -3.39. The number of aromatic nitrogens is 3. The highest BCUT2D eigenvalue weighted by Crippen LogP contribution is 2.42. The van der Waals surface area contributed by atoms with Gasteiger partial charge in [0.25, 0.3) is 5.91 Å². The first kappa shape index (κ1) is 18.6. The van der Waals surface area contributed by atoms with Crippen molar-refractivity contribution in [3.05, 3.63) is 80.4 Å². The Morgan fingerprint density at radius 3 is 2.57 bits per heavy atom. The topological polar surface area (TPSA) is 89.2 Å². The van der Waals surface area contributed by atoms with Crippen molar-refractivity contribution in [1.82, 2.24) is 15.2 Å². The van der Waals surface area contributed by atoms with Gasteiger partial charge in [-0.3, -0.25) is 19.5 Å². The van der Waals surface area contributed by atoms with E-state index in [0.29, 0.717) is 28.1 Å². The van der Waals surface area contributed by atoms with Gasteiger partial charge in [-0.25, -0.2) is 0 Å². The van der Waals surface area contributed by atoms with E-state index in [1.807, 2.05) is 26.0 Å². The van der Waals surface area contributed by atoms with Crippen LogP contribution >= 0.6 is 11.3 Å². The Balaban J connectivity index is 1.79. The second kappa shape index (κ2) is 7.14. The summed E-state index contributed by atoms with van der Waals surface area (Å²) in [6.45, 7) is 4.01. The van der Waals surface area contributed by atoms with Gasteiger partial charge in [0.2, 0.25) is 10.9 Å². The molecule has 1 atom stereocenters. The zero-order valence-electron chi connectivity index (χ0n) is 16.5. The minimum absolute atomic E-state index is 0.0619. The van der Waals surface area contributed by atoms with Crippen LogP contribution in [0.5, 0.6) is 0 Å². The first-order chi connectivity index (χ1) is 14.6. The van der Waals surface area contributed by atoms with E-state index in [1.165, 1.54) is 16.2 Å². The number of pyridine rings is 1. The molecule has 1 amide bonds. The minimum atomic E-state index is -0.640. The lowest BCUT2D eigenvalue weighted by Gasteiger charge is -2.21. The molecule has 0 fully saturated rings. The fraction of sp³-hybridized carbons (Fsp3) is 0.227. The maximum absolute atomic E-state index is 13.6. The van der Waals surface area contributed by atoms with Crippen LogP contribution in [0.25, 0.3) is 11.0 Å². The van der Waals surface area contributed by atoms with Crippen LogP contribution in [0.15, 0.2) is 51.9 Å². The molecule has 1 aliphatic rings. The predicted molar refractivity (Wildman–Crippen MR) is 114 cm³/mol. The Morgan fingerprint density at radius 2 is 1.87 bits per heavy atom. The minimum Gasteiger partial charge on any atom is -0.450 e. The van der Waals surface area contributed by atoms with Crippen molar-refractivity contribution in [2.75, 3.05) is 4.90 Å². The smallest absolute Gasteiger partial charge is 0.297 e. The van der Waals surface area contributed by atoms with E-state index in [-0.39, 0.29) is 17.1 Å². The third-order valence-electron chi connectivity index (χ3n) is 5.33. The zero-order valence-corrected chi connectivity index (χ0v) is 17.3. The van der Waals surface area contributed by atoms with Gasteiger partial charge in [-0.1, -0.05) is 31.3 Å². The van der Waals surface area contributed by atoms with Gasteiger partial charge in [0.15, 0.2) is 5.43 Å². The van der Waals surface area contributed by atoms with Crippen LogP contribution in [-0.4, -0.2) is 21.1 Å². The number of aryl methyl sites for hydroxylation is 2. The van der Waals surface area contributed by atoms with Crippen LogP contribution in [0.4, 0.5) is 5.13 Å². The number of benzene rings is 1. The Labute approximate surface area is 176 Å². The number of anilines is 1. The molecule has 150 valence electrons. The standard InChI is InChI=1S/C22H18N4O3S/c1-3-12-5-6-15-14(11-12)19(27)17-18(13-7-9-23-10-8-13)26(21(28)20(17)29-15)22-25-24-16(4-2)30-22/h5-11,18H,3-4H2,1-2H3. The summed E-state index contributed by atoms with van der Waals surface area (Å²) < 4.78 is 5.98. The van der Waals surface area contributed by atoms with Crippen LogP contribution in [0.3, 0.4) is 0 Å². The van der Waals surface area contributed by atoms with E-state index in [2.05, 4.69) is 15.2 Å². The number of amides is 1. The molecule has 5 rings (SSSR count). The molecule has 0 saturated heterocycles. The molecule has 0 bridgehead atoms. The van der Waals surface area contributed by atoms with Gasteiger partial charge < -0.3 is 4.42 Å². The molecule has 3 aromatic heterocycles. The number of nitrogens with zero attached hydrogens (tertiary/aromatic N) is 4. The summed E-state index contributed by atoms with van der Waals surface area (Å²) in [5.74, 6) is -0.323. The van der Waals surface area contributed by atoms with Gasteiger partial charge in [0.05, 0.1) is 17.0 Å². The zero-order chi connectivity index (χ0) is 20.8. The summed E-state index contributed by atoms with van der Waals surface area (Å²) in [7, 11) is 0. The fourth-order valence-electron chi connectivity index (χ4n) is 3.78. The molecule has 7 nitrogen and oxygen atoms in total. The van der Waals surface area contributed by atoms with E-state index in [0.717, 1.165) is 22.6 Å². The van der Waals surface area contributed by atoms with Crippen LogP contribution in [-0.2, 0) is 12.8 Å². The number of fused-ring (bicyclic) bond motifs is 2. The lowest BCUT2D eigenvalue weighted by Crippen LogP contribution is -2.29. The summed E-state index contributed by atoms with van der Waals surface area (Å²) in [6, 6.07) is 8.47. The Morgan fingerprint density at radius 1 is 1.07 bits per heavy atom. The molecule has 30 heavy (non-hydrogen) atoms. The lowest BCUT2D eigenvalue weighted by atomic mass is 9.99. The van der Waals surface area contributed by atoms with Crippen molar-refractivity contribution in [2.24, 2.45) is 0 Å². The van der Waals surface area contributed by atoms with Crippen molar-refractivity contribution in [2.45, 2.75) is 32.7 Å². The molecular weight excluding hydrogens is 400 g/mol. The molecule has 4 heterocycles. The predicted octanol–water partition coefficient (Wildman–Crippen LogP) is 3.91. The number of rotatable bonds is 4. The van der Waals surface area contributed by atoms with E-state index in [4.69, 9.17) is 4.42 Å². The first-order valence-electron chi connectivity index (χ1n) is 9.77. The fourth-order valence-corrected chi connectivity index (χ4v) is 4.59. The molecule has 0 spiro atoms. The van der Waals surface area contributed by atoms with Crippen LogP contribution in [0.2, 0.25) is 0 Å². The van der Waals surface area contributed by atoms with Gasteiger partial charge in [0, 0.05) is 12.4 Å². The summed E-state index contributed by atoms with van der Waals surface area (Å²) in [4.78, 5) is 32.6. The van der Waals surface area contributed by atoms with Crippen molar-refractivity contribution in [3.63, 3.8) is 0 Å². The van der Waals surface area contributed by atoms with Crippen LogP contribution in [0, 0.1) is 0 Å². The molecule has 4 aromatic rings. The molecule has 0 aliphatic carbocycles. The van der Waals surface area contributed by atoms with Crippen molar-refractivity contribution in [1.29, 1.82) is 0 Å². The van der Waals surface area contributed by atoms with E-state index in [9.17, 15) is 9.59 Å². The lowest BCUT2D eigenvalue weighted by molar-refractivity contribution is 0.0970. The molecule has 0 saturated carbocycles. The second-order valence-corrected chi connectivity index (χ2v) is 8.09. The molecule has 1 unspecified atom stereocenters. The van der Waals surface area contributed by atoms with Crippen molar-refractivity contribution in [3.8, 4) is 0 Å². The molecular formula is C22H18N4O3S. The highest BCUT2D eigenvalue weighted by atomic mass is 32.1. The normalized spacial score (nSPS) is 15.7. The summed E-state index contributed by atoms with van der Waals surface area (Å²) in [5, 5.41) is 10.1. The summed E-state index contributed by atoms with van der Waals surface area (Å²) in [6.07, 6.45) is 4.81. The molecule has 8 heteroatoms. The third-order valence-corrected chi connectivity index (χ3v) is 6.40. The molecule has 0 radical (unpaired) electrons.